The van der Waals surface area contributed by atoms with Crippen molar-refractivity contribution < 1.29 is 10.2 Å². The van der Waals surface area contributed by atoms with E-state index in [-0.39, 0.29) is 12.4 Å². The molecule has 2 aromatic rings. The predicted molar refractivity (Wildman–Crippen MR) is 89.1 cm³/mol. The molecule has 118 valence electrons. The summed E-state index contributed by atoms with van der Waals surface area (Å²) >= 11 is 0. The molecule has 9 N–H and O–H groups in total. The molecule has 0 unspecified atom stereocenters. The first kappa shape index (κ1) is 16.1. The fourth-order valence-corrected chi connectivity index (χ4v) is 2.47. The van der Waals surface area contributed by atoms with E-state index < -0.39 is 0 Å². The number of rotatable bonds is 6. The maximum atomic E-state index is 10.2. The highest BCUT2D eigenvalue weighted by molar-refractivity contribution is 5.84. The van der Waals surface area contributed by atoms with E-state index in [0.29, 0.717) is 36.6 Å². The molecule has 0 heterocycles. The summed E-state index contributed by atoms with van der Waals surface area (Å²) in [7, 11) is 0. The van der Waals surface area contributed by atoms with Crippen molar-refractivity contribution in [2.75, 3.05) is 24.6 Å². The van der Waals surface area contributed by atoms with E-state index in [1.165, 1.54) is 0 Å². The van der Waals surface area contributed by atoms with Gasteiger partial charge in [0.25, 0.3) is 0 Å². The molecule has 0 saturated carbocycles. The van der Waals surface area contributed by atoms with E-state index in [4.69, 9.17) is 22.3 Å². The highest BCUT2D eigenvalue weighted by Crippen LogP contribution is 2.37. The van der Waals surface area contributed by atoms with Gasteiger partial charge in [0.2, 0.25) is 0 Å². The number of aliphatic hydroxyl groups is 1. The smallest absolute Gasteiger partial charge is 0.120 e. The summed E-state index contributed by atoms with van der Waals surface area (Å²) in [5.41, 5.74) is 22.1. The number of nitrogen functional groups attached to an aromatic ring is 2. The van der Waals surface area contributed by atoms with Crippen LogP contribution in [-0.4, -0.2) is 23.4 Å². The third-order valence-corrected chi connectivity index (χ3v) is 3.53. The molecule has 0 atom stereocenters. The first-order valence-corrected chi connectivity index (χ1v) is 7.09. The average molecular weight is 302 g/mol. The number of aliphatic hydroxyl groups excluding tert-OH is 1. The average Bonchev–Trinajstić information content (AvgIpc) is 2.51. The number of hydrogen-bond acceptors (Lipinski definition) is 6. The molecular weight excluding hydrogens is 280 g/mol. The van der Waals surface area contributed by atoms with E-state index >= 15 is 0 Å². The monoisotopic (exact) mass is 302 g/mol. The van der Waals surface area contributed by atoms with Crippen LogP contribution in [0.3, 0.4) is 0 Å². The van der Waals surface area contributed by atoms with Gasteiger partial charge in [-0.25, -0.2) is 0 Å². The number of nitrogens with two attached hydrogens (primary N) is 3. The van der Waals surface area contributed by atoms with Gasteiger partial charge in [-0.1, -0.05) is 6.07 Å². The second-order valence-corrected chi connectivity index (χ2v) is 5.05. The molecule has 22 heavy (non-hydrogen) atoms. The molecular formula is C16H22N4O2. The van der Waals surface area contributed by atoms with Gasteiger partial charge in [-0.05, 0) is 35.4 Å². The van der Waals surface area contributed by atoms with Crippen molar-refractivity contribution in [2.45, 2.75) is 13.1 Å². The van der Waals surface area contributed by atoms with Crippen molar-refractivity contribution in [3.8, 4) is 16.9 Å². The molecule has 2 aromatic carbocycles. The molecule has 0 aliphatic rings. The SMILES string of the molecule is NCc1cc(N)ccc1-c1c(N)ccc(O)c1CNCCO. The van der Waals surface area contributed by atoms with E-state index in [1.54, 1.807) is 18.2 Å². The van der Waals surface area contributed by atoms with E-state index in [9.17, 15) is 5.11 Å². The van der Waals surface area contributed by atoms with Crippen LogP contribution in [-0.2, 0) is 13.1 Å². The van der Waals surface area contributed by atoms with Gasteiger partial charge < -0.3 is 32.7 Å². The number of nitrogens with one attached hydrogen (secondary N) is 1. The molecule has 0 radical (unpaired) electrons. The molecule has 0 aromatic heterocycles. The van der Waals surface area contributed by atoms with E-state index in [1.807, 2.05) is 12.1 Å². The molecule has 0 amide bonds. The Morgan fingerprint density at radius 2 is 1.86 bits per heavy atom. The van der Waals surface area contributed by atoms with Crippen molar-refractivity contribution in [1.82, 2.24) is 5.32 Å². The molecule has 0 aliphatic carbocycles. The zero-order valence-electron chi connectivity index (χ0n) is 12.3. The molecule has 6 nitrogen and oxygen atoms in total. The van der Waals surface area contributed by atoms with Gasteiger partial charge in [0.05, 0.1) is 6.61 Å². The summed E-state index contributed by atoms with van der Waals surface area (Å²) in [6, 6.07) is 8.68. The summed E-state index contributed by atoms with van der Waals surface area (Å²) in [6.07, 6.45) is 0. The Morgan fingerprint density at radius 1 is 1.09 bits per heavy atom. The normalized spacial score (nSPS) is 10.8. The maximum absolute atomic E-state index is 10.2. The summed E-state index contributed by atoms with van der Waals surface area (Å²) in [5.74, 6) is 0.148. The second kappa shape index (κ2) is 7.13. The van der Waals surface area contributed by atoms with Gasteiger partial charge in [-0.3, -0.25) is 0 Å². The summed E-state index contributed by atoms with van der Waals surface area (Å²) in [5, 5.41) is 22.1. The minimum Gasteiger partial charge on any atom is -0.508 e. The van der Waals surface area contributed by atoms with Gasteiger partial charge in [0.1, 0.15) is 5.75 Å². The van der Waals surface area contributed by atoms with Crippen molar-refractivity contribution in [2.24, 2.45) is 5.73 Å². The van der Waals surface area contributed by atoms with Crippen LogP contribution in [0.5, 0.6) is 5.75 Å². The van der Waals surface area contributed by atoms with Crippen LogP contribution in [0.15, 0.2) is 30.3 Å². The lowest BCUT2D eigenvalue weighted by atomic mass is 9.92. The zero-order valence-corrected chi connectivity index (χ0v) is 12.3. The van der Waals surface area contributed by atoms with Crippen LogP contribution in [0, 0.1) is 0 Å². The Kier molecular flexibility index (Phi) is 5.21. The standard InChI is InChI=1S/C16H22N4O2/c17-8-10-7-11(18)1-2-12(10)16-13(9-20-5-6-21)15(22)4-3-14(16)19/h1-4,7,20-22H,5-6,8-9,17-19H2. The molecule has 0 fully saturated rings. The lowest BCUT2D eigenvalue weighted by molar-refractivity contribution is 0.291. The van der Waals surface area contributed by atoms with Crippen LogP contribution >= 0.6 is 0 Å². The first-order chi connectivity index (χ1) is 10.6. The Balaban J connectivity index is 2.56. The first-order valence-electron chi connectivity index (χ1n) is 7.09. The highest BCUT2D eigenvalue weighted by atomic mass is 16.3. The fourth-order valence-electron chi connectivity index (χ4n) is 2.47. The lowest BCUT2D eigenvalue weighted by Crippen LogP contribution is -2.18. The number of anilines is 2. The summed E-state index contributed by atoms with van der Waals surface area (Å²) in [6.45, 7) is 1.16. The predicted octanol–water partition coefficient (Wildman–Crippen LogP) is 0.764. The Hall–Kier alpha value is -2.28. The quantitative estimate of drug-likeness (QED) is 0.265. The van der Waals surface area contributed by atoms with E-state index in [0.717, 1.165) is 16.7 Å². The Bertz CT molecular complexity index is 659. The summed E-state index contributed by atoms with van der Waals surface area (Å²) in [4.78, 5) is 0. The topological polar surface area (TPSA) is 131 Å². The van der Waals surface area contributed by atoms with Crippen LogP contribution in [0.25, 0.3) is 11.1 Å². The van der Waals surface area contributed by atoms with Crippen LogP contribution in [0.2, 0.25) is 0 Å². The number of benzene rings is 2. The zero-order chi connectivity index (χ0) is 16.1. The third-order valence-electron chi connectivity index (χ3n) is 3.53. The lowest BCUT2D eigenvalue weighted by Gasteiger charge is -2.18. The largest absolute Gasteiger partial charge is 0.508 e. The van der Waals surface area contributed by atoms with Gasteiger partial charge in [-0.2, -0.15) is 0 Å². The number of phenolic OH excluding ortho intramolecular Hbond substituents is 1. The van der Waals surface area contributed by atoms with Gasteiger partial charge in [-0.15, -0.1) is 0 Å². The van der Waals surface area contributed by atoms with Crippen molar-refractivity contribution in [1.29, 1.82) is 0 Å². The number of aromatic hydroxyl groups is 1. The van der Waals surface area contributed by atoms with Gasteiger partial charge in [0.15, 0.2) is 0 Å². The minimum atomic E-state index is 0.0222. The second-order valence-electron chi connectivity index (χ2n) is 5.05. The maximum Gasteiger partial charge on any atom is 0.120 e. The third kappa shape index (κ3) is 3.30. The number of phenols is 1. The van der Waals surface area contributed by atoms with Gasteiger partial charge >= 0.3 is 0 Å². The van der Waals surface area contributed by atoms with Crippen LogP contribution < -0.4 is 22.5 Å². The molecule has 0 aliphatic heterocycles. The Morgan fingerprint density at radius 3 is 2.55 bits per heavy atom. The molecule has 2 rings (SSSR count). The van der Waals surface area contributed by atoms with Crippen molar-refractivity contribution in [3.05, 3.63) is 41.5 Å². The molecule has 6 heteroatoms. The minimum absolute atomic E-state index is 0.0222. The fraction of sp³-hybridized carbons (Fsp3) is 0.250. The summed E-state index contributed by atoms with van der Waals surface area (Å²) < 4.78 is 0. The molecule has 0 bridgehead atoms. The van der Waals surface area contributed by atoms with Gasteiger partial charge in [0, 0.05) is 42.1 Å². The van der Waals surface area contributed by atoms with Crippen LogP contribution in [0.1, 0.15) is 11.1 Å². The van der Waals surface area contributed by atoms with Crippen LogP contribution in [0.4, 0.5) is 11.4 Å². The molecule has 0 saturated heterocycles. The van der Waals surface area contributed by atoms with E-state index in [2.05, 4.69) is 5.32 Å². The molecule has 0 spiro atoms. The van der Waals surface area contributed by atoms with Crippen molar-refractivity contribution >= 4 is 11.4 Å². The van der Waals surface area contributed by atoms with Crippen molar-refractivity contribution in [3.63, 3.8) is 0 Å². The number of hydrogen-bond donors (Lipinski definition) is 6. The Labute approximate surface area is 129 Å². The highest BCUT2D eigenvalue weighted by Gasteiger charge is 2.16.